The number of hydrogen-bond acceptors (Lipinski definition) is 6. The molecule has 3 heterocycles. The predicted molar refractivity (Wildman–Crippen MR) is 121 cm³/mol. The molecule has 2 saturated heterocycles. The van der Waals surface area contributed by atoms with E-state index in [1.165, 1.54) is 11.8 Å². The number of anilines is 1. The Bertz CT molecular complexity index is 891. The first-order valence-electron chi connectivity index (χ1n) is 11.0. The molecule has 1 amide bonds. The van der Waals surface area contributed by atoms with Crippen molar-refractivity contribution in [1.29, 1.82) is 0 Å². The molecule has 2 atom stereocenters. The molecular weight excluding hydrogens is 414 g/mol. The van der Waals surface area contributed by atoms with Crippen molar-refractivity contribution < 1.29 is 9.53 Å². The van der Waals surface area contributed by atoms with Gasteiger partial charge in [0.25, 0.3) is 5.91 Å². The highest BCUT2D eigenvalue weighted by atomic mass is 35.5. The molecule has 2 aromatic rings. The molecule has 0 radical (unpaired) electrons. The average Bonchev–Trinajstić information content (AvgIpc) is 3.27. The van der Waals surface area contributed by atoms with Crippen LogP contribution in [0.4, 0.5) is 5.95 Å². The van der Waals surface area contributed by atoms with E-state index in [1.54, 1.807) is 0 Å². The summed E-state index contributed by atoms with van der Waals surface area (Å²) in [6.07, 6.45) is 4.27. The van der Waals surface area contributed by atoms with Gasteiger partial charge in [-0.05, 0) is 37.8 Å². The summed E-state index contributed by atoms with van der Waals surface area (Å²) in [7, 11) is 0. The van der Waals surface area contributed by atoms with Crippen LogP contribution >= 0.6 is 11.6 Å². The summed E-state index contributed by atoms with van der Waals surface area (Å²) in [6.45, 7) is 9.28. The molecule has 166 valence electrons. The maximum atomic E-state index is 12.7. The molecule has 2 aliphatic heterocycles. The van der Waals surface area contributed by atoms with Gasteiger partial charge in [-0.3, -0.25) is 9.69 Å². The Morgan fingerprint density at radius 3 is 2.45 bits per heavy atom. The molecule has 0 saturated carbocycles. The van der Waals surface area contributed by atoms with E-state index in [9.17, 15) is 4.79 Å². The van der Waals surface area contributed by atoms with Crippen LogP contribution in [0.3, 0.4) is 0 Å². The van der Waals surface area contributed by atoms with Crippen LogP contribution in [0.2, 0.25) is 5.02 Å². The maximum absolute atomic E-state index is 12.7. The number of rotatable bonds is 6. The number of nitrogens with zero attached hydrogens (tertiary/aromatic N) is 4. The van der Waals surface area contributed by atoms with Crippen LogP contribution in [0.15, 0.2) is 30.5 Å². The molecule has 0 aliphatic carbocycles. The van der Waals surface area contributed by atoms with E-state index in [2.05, 4.69) is 63.2 Å². The lowest BCUT2D eigenvalue weighted by molar-refractivity contribution is -0.0704. The summed E-state index contributed by atoms with van der Waals surface area (Å²) >= 11 is 6.20. The second kappa shape index (κ2) is 9.94. The van der Waals surface area contributed by atoms with Crippen molar-refractivity contribution in [2.45, 2.75) is 52.0 Å². The quantitative estimate of drug-likeness (QED) is 0.738. The summed E-state index contributed by atoms with van der Waals surface area (Å²) < 4.78 is 5.81. The van der Waals surface area contributed by atoms with Gasteiger partial charge in [0.1, 0.15) is 0 Å². The second-order valence-corrected chi connectivity index (χ2v) is 8.92. The number of halogens is 1. The van der Waals surface area contributed by atoms with E-state index < -0.39 is 0 Å². The van der Waals surface area contributed by atoms with E-state index in [-0.39, 0.29) is 28.8 Å². The van der Waals surface area contributed by atoms with E-state index in [1.807, 2.05) is 0 Å². The SMILES string of the molecule is CC1CN(Cc2ccc(CNC(=O)c3nc(N4CCCC4)ncc3Cl)cc2)CC(C)O1. The van der Waals surface area contributed by atoms with Crippen molar-refractivity contribution in [3.8, 4) is 0 Å². The van der Waals surface area contributed by atoms with Crippen molar-refractivity contribution in [2.75, 3.05) is 31.1 Å². The van der Waals surface area contributed by atoms with E-state index >= 15 is 0 Å². The number of carbonyl (C=O) groups excluding carboxylic acids is 1. The van der Waals surface area contributed by atoms with Crippen LogP contribution in [-0.2, 0) is 17.8 Å². The van der Waals surface area contributed by atoms with Gasteiger partial charge < -0.3 is 15.0 Å². The Kier molecular flexibility index (Phi) is 7.05. The van der Waals surface area contributed by atoms with Crippen molar-refractivity contribution in [2.24, 2.45) is 0 Å². The number of aromatic nitrogens is 2. The largest absolute Gasteiger partial charge is 0.373 e. The number of morpholine rings is 1. The Morgan fingerprint density at radius 1 is 1.13 bits per heavy atom. The first-order chi connectivity index (χ1) is 15.0. The van der Waals surface area contributed by atoms with Crippen molar-refractivity contribution >= 4 is 23.5 Å². The van der Waals surface area contributed by atoms with Gasteiger partial charge in [-0.15, -0.1) is 0 Å². The topological polar surface area (TPSA) is 70.6 Å². The van der Waals surface area contributed by atoms with Gasteiger partial charge in [0, 0.05) is 39.3 Å². The van der Waals surface area contributed by atoms with Gasteiger partial charge in [0.15, 0.2) is 5.69 Å². The fourth-order valence-electron chi connectivity index (χ4n) is 4.29. The standard InChI is InChI=1S/C23H30ClN5O2/c1-16-13-28(14-17(2)31-16)15-19-7-5-18(6-8-19)11-25-22(30)21-20(24)12-26-23(27-21)29-9-3-4-10-29/h5-8,12,16-17H,3-4,9-11,13-15H2,1-2H3,(H,25,30). The highest BCUT2D eigenvalue weighted by molar-refractivity contribution is 6.33. The molecule has 2 aliphatic rings. The summed E-state index contributed by atoms with van der Waals surface area (Å²) in [6, 6.07) is 8.35. The van der Waals surface area contributed by atoms with Gasteiger partial charge in [0.2, 0.25) is 5.95 Å². The normalized spacial score (nSPS) is 22.0. The minimum atomic E-state index is -0.284. The smallest absolute Gasteiger partial charge is 0.271 e. The molecule has 2 fully saturated rings. The monoisotopic (exact) mass is 443 g/mol. The lowest BCUT2D eigenvalue weighted by atomic mass is 10.1. The molecule has 7 nitrogen and oxygen atoms in total. The molecular formula is C23H30ClN5O2. The highest BCUT2D eigenvalue weighted by Crippen LogP contribution is 2.20. The lowest BCUT2D eigenvalue weighted by Gasteiger charge is -2.35. The molecule has 1 N–H and O–H groups in total. The number of carbonyl (C=O) groups is 1. The van der Waals surface area contributed by atoms with Crippen LogP contribution in [0, 0.1) is 0 Å². The number of hydrogen-bond donors (Lipinski definition) is 1. The fourth-order valence-corrected chi connectivity index (χ4v) is 4.46. The minimum absolute atomic E-state index is 0.228. The average molecular weight is 444 g/mol. The fraction of sp³-hybridized carbons (Fsp3) is 0.522. The number of benzene rings is 1. The number of amides is 1. The molecule has 0 bridgehead atoms. The second-order valence-electron chi connectivity index (χ2n) is 8.51. The Morgan fingerprint density at radius 2 is 1.77 bits per heavy atom. The molecule has 8 heteroatoms. The molecule has 2 unspecified atom stereocenters. The van der Waals surface area contributed by atoms with Crippen molar-refractivity contribution in [3.63, 3.8) is 0 Å². The van der Waals surface area contributed by atoms with Crippen LogP contribution in [0.5, 0.6) is 0 Å². The van der Waals surface area contributed by atoms with E-state index in [0.717, 1.165) is 51.1 Å². The van der Waals surface area contributed by atoms with Gasteiger partial charge in [0.05, 0.1) is 23.4 Å². The molecule has 1 aromatic heterocycles. The van der Waals surface area contributed by atoms with E-state index in [4.69, 9.17) is 16.3 Å². The zero-order valence-electron chi connectivity index (χ0n) is 18.2. The first-order valence-corrected chi connectivity index (χ1v) is 11.4. The Labute approximate surface area is 188 Å². The van der Waals surface area contributed by atoms with Gasteiger partial charge in [-0.25, -0.2) is 9.97 Å². The summed E-state index contributed by atoms with van der Waals surface area (Å²) in [5, 5.41) is 3.20. The third-order valence-electron chi connectivity index (χ3n) is 5.71. The molecule has 31 heavy (non-hydrogen) atoms. The van der Waals surface area contributed by atoms with Crippen molar-refractivity contribution in [3.05, 3.63) is 52.3 Å². The van der Waals surface area contributed by atoms with E-state index in [0.29, 0.717) is 12.5 Å². The number of ether oxygens (including phenoxy) is 1. The lowest BCUT2D eigenvalue weighted by Crippen LogP contribution is -2.44. The van der Waals surface area contributed by atoms with Crippen molar-refractivity contribution in [1.82, 2.24) is 20.2 Å². The molecule has 4 rings (SSSR count). The third kappa shape index (κ3) is 5.73. The van der Waals surface area contributed by atoms with Gasteiger partial charge in [-0.2, -0.15) is 0 Å². The highest BCUT2D eigenvalue weighted by Gasteiger charge is 2.22. The zero-order chi connectivity index (χ0) is 21.8. The summed E-state index contributed by atoms with van der Waals surface area (Å²) in [5.74, 6) is 0.288. The summed E-state index contributed by atoms with van der Waals surface area (Å²) in [5.41, 5.74) is 2.52. The van der Waals surface area contributed by atoms with Crippen LogP contribution in [0.25, 0.3) is 0 Å². The predicted octanol–water partition coefficient (Wildman–Crippen LogP) is 3.27. The first kappa shape index (κ1) is 22.0. The minimum Gasteiger partial charge on any atom is -0.373 e. The van der Waals surface area contributed by atoms with Gasteiger partial charge >= 0.3 is 0 Å². The molecule has 1 aromatic carbocycles. The zero-order valence-corrected chi connectivity index (χ0v) is 18.9. The van der Waals surface area contributed by atoms with Crippen LogP contribution < -0.4 is 10.2 Å². The van der Waals surface area contributed by atoms with Crippen LogP contribution in [-0.4, -0.2) is 59.2 Å². The molecule has 0 spiro atoms. The third-order valence-corrected chi connectivity index (χ3v) is 5.99. The Balaban J connectivity index is 1.33. The Hall–Kier alpha value is -2.22. The van der Waals surface area contributed by atoms with Gasteiger partial charge in [-0.1, -0.05) is 35.9 Å². The maximum Gasteiger partial charge on any atom is 0.271 e. The number of nitrogens with one attached hydrogen (secondary N) is 1. The van der Waals surface area contributed by atoms with Crippen LogP contribution in [0.1, 0.15) is 48.3 Å². The summed E-state index contributed by atoms with van der Waals surface area (Å²) in [4.78, 5) is 25.9.